The van der Waals surface area contributed by atoms with Gasteiger partial charge in [0.1, 0.15) is 0 Å². The second kappa shape index (κ2) is 6.87. The molecule has 5 nitrogen and oxygen atoms in total. The molecule has 24 heavy (non-hydrogen) atoms. The molecule has 1 aromatic heterocycles. The van der Waals surface area contributed by atoms with Crippen LogP contribution < -0.4 is 0 Å². The summed E-state index contributed by atoms with van der Waals surface area (Å²) >= 11 is 0. The molecule has 4 rings (SSSR count). The number of hydrogen-bond acceptors (Lipinski definition) is 3. The molecule has 3 fully saturated rings. The first-order valence-corrected chi connectivity index (χ1v) is 9.75. The van der Waals surface area contributed by atoms with Crippen LogP contribution >= 0.6 is 0 Å². The van der Waals surface area contributed by atoms with Crippen molar-refractivity contribution in [1.29, 1.82) is 0 Å². The van der Waals surface area contributed by atoms with Gasteiger partial charge in [0.05, 0.1) is 11.8 Å². The van der Waals surface area contributed by atoms with E-state index in [-0.39, 0.29) is 5.91 Å². The predicted octanol–water partition coefficient (Wildman–Crippen LogP) is 2.92. The average molecular weight is 330 g/mol. The van der Waals surface area contributed by atoms with Gasteiger partial charge in [-0.2, -0.15) is 5.10 Å². The van der Waals surface area contributed by atoms with Gasteiger partial charge >= 0.3 is 0 Å². The van der Waals surface area contributed by atoms with Crippen LogP contribution in [0, 0.1) is 11.3 Å². The van der Waals surface area contributed by atoms with Gasteiger partial charge in [-0.05, 0) is 44.6 Å². The van der Waals surface area contributed by atoms with Gasteiger partial charge in [-0.3, -0.25) is 9.89 Å². The van der Waals surface area contributed by atoms with E-state index in [1.165, 1.54) is 64.6 Å². The quantitative estimate of drug-likeness (QED) is 0.927. The van der Waals surface area contributed by atoms with Crippen molar-refractivity contribution in [2.45, 2.75) is 51.4 Å². The third kappa shape index (κ3) is 3.37. The van der Waals surface area contributed by atoms with Crippen molar-refractivity contribution in [1.82, 2.24) is 20.0 Å². The molecule has 1 N–H and O–H groups in total. The first-order chi connectivity index (χ1) is 11.7. The maximum absolute atomic E-state index is 12.6. The third-order valence-electron chi connectivity index (χ3n) is 6.45. The van der Waals surface area contributed by atoms with Gasteiger partial charge in [0.25, 0.3) is 5.91 Å². The Morgan fingerprint density at radius 3 is 2.83 bits per heavy atom. The molecule has 132 valence electrons. The van der Waals surface area contributed by atoms with E-state index in [0.29, 0.717) is 11.0 Å². The molecule has 1 atom stereocenters. The molecule has 1 aromatic rings. The van der Waals surface area contributed by atoms with Crippen molar-refractivity contribution in [3.63, 3.8) is 0 Å². The van der Waals surface area contributed by atoms with Gasteiger partial charge in [0.2, 0.25) is 0 Å². The fourth-order valence-electron chi connectivity index (χ4n) is 5.19. The summed E-state index contributed by atoms with van der Waals surface area (Å²) in [5, 5.41) is 6.67. The maximum atomic E-state index is 12.6. The lowest BCUT2D eigenvalue weighted by Crippen LogP contribution is -2.47. The van der Waals surface area contributed by atoms with Crippen molar-refractivity contribution >= 4 is 5.91 Å². The molecule has 1 aliphatic carbocycles. The van der Waals surface area contributed by atoms with Crippen molar-refractivity contribution in [3.8, 4) is 0 Å². The molecule has 2 saturated heterocycles. The summed E-state index contributed by atoms with van der Waals surface area (Å²) in [5.74, 6) is 1.06. The summed E-state index contributed by atoms with van der Waals surface area (Å²) < 4.78 is 0. The van der Waals surface area contributed by atoms with Gasteiger partial charge in [-0.1, -0.05) is 19.3 Å². The number of H-pyrrole nitrogens is 1. The number of aromatic amines is 1. The Bertz CT molecular complexity index is 552. The molecule has 1 saturated carbocycles. The smallest absolute Gasteiger partial charge is 0.257 e. The van der Waals surface area contributed by atoms with Crippen LogP contribution in [0.3, 0.4) is 0 Å². The second-order valence-electron chi connectivity index (χ2n) is 8.31. The molecular formula is C19H30N4O. The molecule has 0 radical (unpaired) electrons. The van der Waals surface area contributed by atoms with Crippen molar-refractivity contribution in [2.75, 3.05) is 32.7 Å². The summed E-state index contributed by atoms with van der Waals surface area (Å²) in [6, 6.07) is 0. The molecule has 3 aliphatic rings. The topological polar surface area (TPSA) is 52.2 Å². The summed E-state index contributed by atoms with van der Waals surface area (Å²) in [6.07, 6.45) is 14.2. The highest BCUT2D eigenvalue weighted by molar-refractivity contribution is 5.93. The van der Waals surface area contributed by atoms with E-state index in [4.69, 9.17) is 0 Å². The number of nitrogens with zero attached hydrogens (tertiary/aromatic N) is 3. The summed E-state index contributed by atoms with van der Waals surface area (Å²) in [4.78, 5) is 17.3. The van der Waals surface area contributed by atoms with E-state index in [0.717, 1.165) is 25.4 Å². The van der Waals surface area contributed by atoms with E-state index >= 15 is 0 Å². The van der Waals surface area contributed by atoms with Crippen LogP contribution in [0.1, 0.15) is 61.7 Å². The molecule has 2 aliphatic heterocycles. The average Bonchev–Trinajstić information content (AvgIpc) is 3.26. The van der Waals surface area contributed by atoms with Crippen molar-refractivity contribution < 1.29 is 4.79 Å². The number of carbonyl (C=O) groups is 1. The molecule has 1 spiro atoms. The number of carbonyl (C=O) groups excluding carboxylic acids is 1. The van der Waals surface area contributed by atoms with Crippen LogP contribution in [0.25, 0.3) is 0 Å². The maximum Gasteiger partial charge on any atom is 0.257 e. The lowest BCUT2D eigenvalue weighted by atomic mass is 9.78. The van der Waals surface area contributed by atoms with Crippen LogP contribution in [-0.4, -0.2) is 58.6 Å². The Morgan fingerprint density at radius 1 is 1.17 bits per heavy atom. The highest BCUT2D eigenvalue weighted by Gasteiger charge is 2.43. The first kappa shape index (κ1) is 16.1. The zero-order valence-corrected chi connectivity index (χ0v) is 14.7. The van der Waals surface area contributed by atoms with Gasteiger partial charge in [0, 0.05) is 37.8 Å². The number of piperidine rings is 1. The molecule has 3 heterocycles. The lowest BCUT2D eigenvalue weighted by molar-refractivity contribution is 0.0630. The minimum Gasteiger partial charge on any atom is -0.338 e. The van der Waals surface area contributed by atoms with Crippen molar-refractivity contribution in [3.05, 3.63) is 18.0 Å². The van der Waals surface area contributed by atoms with Gasteiger partial charge in [-0.15, -0.1) is 0 Å². The van der Waals surface area contributed by atoms with Crippen LogP contribution in [-0.2, 0) is 0 Å². The van der Waals surface area contributed by atoms with Gasteiger partial charge in [0.15, 0.2) is 0 Å². The van der Waals surface area contributed by atoms with Gasteiger partial charge < -0.3 is 9.80 Å². The highest BCUT2D eigenvalue weighted by atomic mass is 16.2. The van der Waals surface area contributed by atoms with Crippen LogP contribution in [0.4, 0.5) is 0 Å². The molecule has 1 amide bonds. The van der Waals surface area contributed by atoms with Crippen LogP contribution in [0.15, 0.2) is 12.4 Å². The predicted molar refractivity (Wildman–Crippen MR) is 93.8 cm³/mol. The van der Waals surface area contributed by atoms with Crippen LogP contribution in [0.5, 0.6) is 0 Å². The van der Waals surface area contributed by atoms with E-state index in [2.05, 4.69) is 20.0 Å². The summed E-state index contributed by atoms with van der Waals surface area (Å²) in [5.41, 5.74) is 1.04. The largest absolute Gasteiger partial charge is 0.338 e. The Labute approximate surface area is 144 Å². The van der Waals surface area contributed by atoms with Crippen molar-refractivity contribution in [2.24, 2.45) is 11.3 Å². The standard InChI is InChI=1S/C19H30N4O/c24-18(17-11-20-21-12-17)23-10-8-19(15-23)7-4-9-22(14-19)13-16-5-2-1-3-6-16/h11-12,16H,1-10,13-15H2,(H,20,21). The molecule has 0 aromatic carbocycles. The summed E-state index contributed by atoms with van der Waals surface area (Å²) in [7, 11) is 0. The number of amides is 1. The fraction of sp³-hybridized carbons (Fsp3) is 0.789. The number of nitrogens with one attached hydrogen (secondary N) is 1. The number of likely N-dealkylation sites (tertiary alicyclic amines) is 2. The number of hydrogen-bond donors (Lipinski definition) is 1. The Morgan fingerprint density at radius 2 is 2.04 bits per heavy atom. The zero-order valence-electron chi connectivity index (χ0n) is 14.7. The molecular weight excluding hydrogens is 300 g/mol. The van der Waals surface area contributed by atoms with E-state index in [9.17, 15) is 4.79 Å². The summed E-state index contributed by atoms with van der Waals surface area (Å²) in [6.45, 7) is 5.57. The molecule has 0 bridgehead atoms. The molecule has 1 unspecified atom stereocenters. The molecule has 5 heteroatoms. The number of aromatic nitrogens is 2. The monoisotopic (exact) mass is 330 g/mol. The minimum absolute atomic E-state index is 0.144. The highest BCUT2D eigenvalue weighted by Crippen LogP contribution is 2.40. The third-order valence-corrected chi connectivity index (χ3v) is 6.45. The Kier molecular flexibility index (Phi) is 4.61. The van der Waals surface area contributed by atoms with Crippen LogP contribution in [0.2, 0.25) is 0 Å². The lowest BCUT2D eigenvalue weighted by Gasteiger charge is -2.42. The van der Waals surface area contributed by atoms with E-state index in [1.54, 1.807) is 12.4 Å². The van der Waals surface area contributed by atoms with Gasteiger partial charge in [-0.25, -0.2) is 0 Å². The second-order valence-corrected chi connectivity index (χ2v) is 8.31. The van der Waals surface area contributed by atoms with E-state index in [1.807, 2.05) is 0 Å². The normalized spacial score (nSPS) is 29.4. The zero-order chi connectivity index (χ0) is 16.4. The van der Waals surface area contributed by atoms with E-state index < -0.39 is 0 Å². The number of rotatable bonds is 3. The Hall–Kier alpha value is -1.36. The Balaban J connectivity index is 1.36. The fourth-order valence-corrected chi connectivity index (χ4v) is 5.19. The first-order valence-electron chi connectivity index (χ1n) is 9.75. The SMILES string of the molecule is O=C(c1cn[nH]c1)N1CCC2(CCCN(CC3CCCCC3)C2)C1. The minimum atomic E-state index is 0.144.